The molecule has 0 bridgehead atoms. The molecule has 0 heterocycles. The summed E-state index contributed by atoms with van der Waals surface area (Å²) in [6, 6.07) is 3.30. The lowest BCUT2D eigenvalue weighted by molar-refractivity contribution is 0.443. The third-order valence-electron chi connectivity index (χ3n) is 2.43. The fraction of sp³-hybridized carbons (Fsp3) is 0.462. The number of rotatable bonds is 3. The minimum atomic E-state index is 0.00468. The van der Waals surface area contributed by atoms with Crippen LogP contribution in [-0.4, -0.2) is 21.2 Å². The minimum absolute atomic E-state index is 0.00468. The molecule has 1 rings (SSSR count). The molecule has 1 aromatic carbocycles. The van der Waals surface area contributed by atoms with Gasteiger partial charge in [-0.25, -0.2) is 0 Å². The number of phenols is 2. The Kier molecular flexibility index (Phi) is 4.34. The van der Waals surface area contributed by atoms with E-state index in [1.54, 1.807) is 6.07 Å². The predicted molar refractivity (Wildman–Crippen MR) is 73.8 cm³/mol. The second-order valence-corrected chi connectivity index (χ2v) is 5.12. The molecule has 94 valence electrons. The van der Waals surface area contributed by atoms with Crippen LogP contribution in [0, 0.1) is 0 Å². The fourth-order valence-corrected chi connectivity index (χ4v) is 1.98. The van der Waals surface area contributed by atoms with Crippen molar-refractivity contribution in [3.63, 3.8) is 0 Å². The van der Waals surface area contributed by atoms with Crippen LogP contribution in [0.5, 0.6) is 11.5 Å². The van der Waals surface area contributed by atoms with E-state index in [-0.39, 0.29) is 23.5 Å². The van der Waals surface area contributed by atoms with Crippen molar-refractivity contribution in [1.82, 2.24) is 5.32 Å². The summed E-state index contributed by atoms with van der Waals surface area (Å²) < 4.78 is 0. The molecule has 0 saturated carbocycles. The van der Waals surface area contributed by atoms with E-state index >= 15 is 0 Å². The first-order valence-corrected chi connectivity index (χ1v) is 6.10. The molecule has 3 N–H and O–H groups in total. The summed E-state index contributed by atoms with van der Waals surface area (Å²) >= 11 is 5.22. The first kappa shape index (κ1) is 13.8. The van der Waals surface area contributed by atoms with Crippen LogP contribution in [0.1, 0.15) is 44.7 Å². The van der Waals surface area contributed by atoms with Gasteiger partial charge in [0.2, 0.25) is 0 Å². The Bertz CT molecular complexity index is 428. The standard InChI is InChI=1S/C13H19NO2S/c1-7(2)9-5-10(12(16)6-11(9)15)13(17)14-8(3)4/h5-8,15-16H,1-4H3,(H,14,17). The molecule has 0 radical (unpaired) electrons. The number of benzene rings is 1. The molecule has 0 unspecified atom stereocenters. The van der Waals surface area contributed by atoms with Crippen molar-refractivity contribution in [3.8, 4) is 11.5 Å². The first-order valence-electron chi connectivity index (χ1n) is 5.69. The number of phenolic OH excluding ortho intramolecular Hbond substituents is 2. The summed E-state index contributed by atoms with van der Waals surface area (Å²) in [6.07, 6.45) is 0. The van der Waals surface area contributed by atoms with Crippen LogP contribution in [0.4, 0.5) is 0 Å². The van der Waals surface area contributed by atoms with E-state index in [9.17, 15) is 10.2 Å². The molecule has 3 nitrogen and oxygen atoms in total. The predicted octanol–water partition coefficient (Wildman–Crippen LogP) is 2.89. The Morgan fingerprint density at radius 1 is 1.12 bits per heavy atom. The SMILES string of the molecule is CC(C)NC(=S)c1cc(C(C)C)c(O)cc1O. The van der Waals surface area contributed by atoms with Gasteiger partial charge >= 0.3 is 0 Å². The number of thiocarbonyl (C=S) groups is 1. The van der Waals surface area contributed by atoms with Crippen molar-refractivity contribution >= 4 is 17.2 Å². The molecule has 0 spiro atoms. The van der Waals surface area contributed by atoms with E-state index in [2.05, 4.69) is 5.32 Å². The van der Waals surface area contributed by atoms with Crippen LogP contribution in [0.25, 0.3) is 0 Å². The molecular weight excluding hydrogens is 234 g/mol. The summed E-state index contributed by atoms with van der Waals surface area (Å²) in [5, 5.41) is 22.6. The Morgan fingerprint density at radius 3 is 2.18 bits per heavy atom. The van der Waals surface area contributed by atoms with Crippen LogP contribution in [0.3, 0.4) is 0 Å². The monoisotopic (exact) mass is 253 g/mol. The van der Waals surface area contributed by atoms with Crippen molar-refractivity contribution in [2.24, 2.45) is 0 Å². The summed E-state index contributed by atoms with van der Waals surface area (Å²) in [6.45, 7) is 7.92. The quantitative estimate of drug-likeness (QED) is 0.725. The van der Waals surface area contributed by atoms with E-state index in [1.807, 2.05) is 27.7 Å². The molecule has 0 saturated heterocycles. The molecule has 17 heavy (non-hydrogen) atoms. The van der Waals surface area contributed by atoms with Crippen LogP contribution in [0.2, 0.25) is 0 Å². The highest BCUT2D eigenvalue weighted by atomic mass is 32.1. The molecule has 0 amide bonds. The van der Waals surface area contributed by atoms with E-state index in [0.717, 1.165) is 5.56 Å². The second-order valence-electron chi connectivity index (χ2n) is 4.71. The highest BCUT2D eigenvalue weighted by Crippen LogP contribution is 2.32. The zero-order valence-corrected chi connectivity index (χ0v) is 11.4. The maximum absolute atomic E-state index is 9.79. The molecule has 4 heteroatoms. The molecule has 0 aliphatic rings. The minimum Gasteiger partial charge on any atom is -0.508 e. The maximum Gasteiger partial charge on any atom is 0.129 e. The van der Waals surface area contributed by atoms with Crippen molar-refractivity contribution in [2.45, 2.75) is 39.7 Å². The fourth-order valence-electron chi connectivity index (χ4n) is 1.58. The zero-order chi connectivity index (χ0) is 13.2. The Hall–Kier alpha value is -1.29. The van der Waals surface area contributed by atoms with Gasteiger partial charge < -0.3 is 15.5 Å². The average Bonchev–Trinajstić information content (AvgIpc) is 2.15. The molecule has 0 aliphatic heterocycles. The highest BCUT2D eigenvalue weighted by Gasteiger charge is 2.14. The van der Waals surface area contributed by atoms with Gasteiger partial charge in [0.1, 0.15) is 16.5 Å². The zero-order valence-electron chi connectivity index (χ0n) is 10.6. The van der Waals surface area contributed by atoms with Crippen molar-refractivity contribution in [2.75, 3.05) is 0 Å². The smallest absolute Gasteiger partial charge is 0.129 e. The number of hydrogen-bond acceptors (Lipinski definition) is 3. The molecule has 1 aromatic rings. The third-order valence-corrected chi connectivity index (χ3v) is 2.77. The number of hydrogen-bond donors (Lipinski definition) is 3. The molecule has 0 aromatic heterocycles. The summed E-state index contributed by atoms with van der Waals surface area (Å²) in [4.78, 5) is 0.499. The Morgan fingerprint density at radius 2 is 1.71 bits per heavy atom. The molecular formula is C13H19NO2S. The normalized spacial score (nSPS) is 10.9. The largest absolute Gasteiger partial charge is 0.508 e. The van der Waals surface area contributed by atoms with Gasteiger partial charge in [-0.05, 0) is 31.4 Å². The van der Waals surface area contributed by atoms with Crippen LogP contribution in [0.15, 0.2) is 12.1 Å². The van der Waals surface area contributed by atoms with Crippen molar-refractivity contribution in [1.29, 1.82) is 0 Å². The summed E-state index contributed by atoms with van der Waals surface area (Å²) in [5.41, 5.74) is 1.35. The van der Waals surface area contributed by atoms with E-state index < -0.39 is 0 Å². The van der Waals surface area contributed by atoms with E-state index in [4.69, 9.17) is 12.2 Å². The van der Waals surface area contributed by atoms with Crippen LogP contribution >= 0.6 is 12.2 Å². The Labute approximate surface area is 107 Å². The van der Waals surface area contributed by atoms with Crippen molar-refractivity contribution in [3.05, 3.63) is 23.3 Å². The lowest BCUT2D eigenvalue weighted by atomic mass is 9.98. The average molecular weight is 253 g/mol. The van der Waals surface area contributed by atoms with Gasteiger partial charge in [-0.1, -0.05) is 26.1 Å². The topological polar surface area (TPSA) is 52.5 Å². The van der Waals surface area contributed by atoms with Crippen LogP contribution in [-0.2, 0) is 0 Å². The van der Waals surface area contributed by atoms with Gasteiger partial charge in [-0.2, -0.15) is 0 Å². The second kappa shape index (κ2) is 5.36. The molecule has 0 fully saturated rings. The first-order chi connectivity index (χ1) is 7.82. The van der Waals surface area contributed by atoms with Gasteiger partial charge in [-0.15, -0.1) is 0 Å². The van der Waals surface area contributed by atoms with E-state index in [0.29, 0.717) is 10.6 Å². The lowest BCUT2D eigenvalue weighted by Gasteiger charge is -2.16. The number of aromatic hydroxyl groups is 2. The molecule has 0 aliphatic carbocycles. The van der Waals surface area contributed by atoms with Gasteiger partial charge in [0.15, 0.2) is 0 Å². The maximum atomic E-state index is 9.79. The third kappa shape index (κ3) is 3.33. The van der Waals surface area contributed by atoms with Gasteiger partial charge in [0.05, 0.1) is 5.56 Å². The Balaban J connectivity index is 3.16. The van der Waals surface area contributed by atoms with E-state index in [1.165, 1.54) is 6.07 Å². The lowest BCUT2D eigenvalue weighted by Crippen LogP contribution is -2.29. The number of nitrogens with one attached hydrogen (secondary N) is 1. The van der Waals surface area contributed by atoms with Gasteiger partial charge in [0.25, 0.3) is 0 Å². The summed E-state index contributed by atoms with van der Waals surface area (Å²) in [5.74, 6) is 0.287. The van der Waals surface area contributed by atoms with Gasteiger partial charge in [0, 0.05) is 12.1 Å². The van der Waals surface area contributed by atoms with Crippen molar-refractivity contribution < 1.29 is 10.2 Å². The molecule has 0 atom stereocenters. The summed E-state index contributed by atoms with van der Waals surface area (Å²) in [7, 11) is 0. The highest BCUT2D eigenvalue weighted by molar-refractivity contribution is 7.80. The van der Waals surface area contributed by atoms with Gasteiger partial charge in [-0.3, -0.25) is 0 Å². The van der Waals surface area contributed by atoms with Crippen LogP contribution < -0.4 is 5.32 Å².